The minimum Gasteiger partial charge on any atom is -0.461 e. The maximum Gasteiger partial charge on any atom is 0.339 e. The largest absolute Gasteiger partial charge is 0.461 e. The number of pyridine rings is 1. The highest BCUT2D eigenvalue weighted by molar-refractivity contribution is 7.98. The summed E-state index contributed by atoms with van der Waals surface area (Å²) in [5.41, 5.74) is 1.22. The summed E-state index contributed by atoms with van der Waals surface area (Å²) in [5.74, 6) is 0.491. The molecule has 0 aromatic carbocycles. The molecule has 5 nitrogen and oxygen atoms in total. The van der Waals surface area contributed by atoms with Gasteiger partial charge in [-0.05, 0) is 18.4 Å². The van der Waals surface area contributed by atoms with Gasteiger partial charge in [0.2, 0.25) is 0 Å². The van der Waals surface area contributed by atoms with Crippen LogP contribution in [0.25, 0.3) is 5.65 Å². The molecule has 0 aliphatic carbocycles. The molecular weight excluding hydrogens is 226 g/mol. The molecule has 0 radical (unpaired) electrons. The third kappa shape index (κ3) is 2.33. The van der Waals surface area contributed by atoms with Crippen LogP contribution in [0.5, 0.6) is 0 Å². The van der Waals surface area contributed by atoms with Gasteiger partial charge < -0.3 is 4.74 Å². The van der Waals surface area contributed by atoms with Crippen LogP contribution in [0.1, 0.15) is 10.4 Å². The van der Waals surface area contributed by atoms with E-state index in [0.29, 0.717) is 17.8 Å². The number of ether oxygens (including phenoxy) is 1. The molecule has 2 aromatic rings. The summed E-state index contributed by atoms with van der Waals surface area (Å²) >= 11 is 1.64. The smallest absolute Gasteiger partial charge is 0.339 e. The molecule has 0 N–H and O–H groups in total. The fourth-order valence-corrected chi connectivity index (χ4v) is 1.50. The minimum absolute atomic E-state index is 0.315. The third-order valence-electron chi connectivity index (χ3n) is 2.05. The van der Waals surface area contributed by atoms with Crippen molar-refractivity contribution < 1.29 is 9.53 Å². The van der Waals surface area contributed by atoms with Gasteiger partial charge in [0, 0.05) is 11.9 Å². The first-order valence-electron chi connectivity index (χ1n) is 4.77. The lowest BCUT2D eigenvalue weighted by molar-refractivity contribution is 0.0530. The van der Waals surface area contributed by atoms with Gasteiger partial charge in [-0.2, -0.15) is 11.8 Å². The summed E-state index contributed by atoms with van der Waals surface area (Å²) in [6.07, 6.45) is 5.18. The maximum atomic E-state index is 11.6. The summed E-state index contributed by atoms with van der Waals surface area (Å²) in [6.45, 7) is 0.431. The van der Waals surface area contributed by atoms with Gasteiger partial charge in [0.05, 0.1) is 5.56 Å². The van der Waals surface area contributed by atoms with E-state index in [1.54, 1.807) is 40.8 Å². The van der Waals surface area contributed by atoms with E-state index < -0.39 is 0 Å². The number of rotatable bonds is 4. The summed E-state index contributed by atoms with van der Waals surface area (Å²) in [4.78, 5) is 11.6. The van der Waals surface area contributed by atoms with Gasteiger partial charge in [-0.1, -0.05) is 0 Å². The fraction of sp³-hybridized carbons (Fsp3) is 0.300. The predicted octanol–water partition coefficient (Wildman–Crippen LogP) is 1.25. The van der Waals surface area contributed by atoms with E-state index >= 15 is 0 Å². The van der Waals surface area contributed by atoms with Gasteiger partial charge in [0.25, 0.3) is 0 Å². The number of hydrogen-bond donors (Lipinski definition) is 0. The molecule has 0 amide bonds. The highest BCUT2D eigenvalue weighted by Crippen LogP contribution is 2.05. The van der Waals surface area contributed by atoms with Crippen LogP contribution in [0, 0.1) is 0 Å². The molecule has 0 aliphatic heterocycles. The number of fused-ring (bicyclic) bond motifs is 1. The molecule has 0 atom stereocenters. The average Bonchev–Trinajstić information content (AvgIpc) is 2.76. The van der Waals surface area contributed by atoms with Crippen molar-refractivity contribution >= 4 is 23.4 Å². The molecule has 2 heterocycles. The van der Waals surface area contributed by atoms with E-state index in [-0.39, 0.29) is 5.97 Å². The van der Waals surface area contributed by atoms with Crippen LogP contribution in [-0.2, 0) is 4.74 Å². The predicted molar refractivity (Wildman–Crippen MR) is 61.7 cm³/mol. The first kappa shape index (κ1) is 10.9. The second kappa shape index (κ2) is 4.98. The van der Waals surface area contributed by atoms with Crippen molar-refractivity contribution in [3.05, 3.63) is 30.2 Å². The zero-order valence-corrected chi connectivity index (χ0v) is 9.61. The second-order valence-corrected chi connectivity index (χ2v) is 4.13. The molecule has 0 unspecified atom stereocenters. The van der Waals surface area contributed by atoms with E-state index in [1.165, 1.54) is 0 Å². The monoisotopic (exact) mass is 237 g/mol. The quantitative estimate of drug-likeness (QED) is 0.591. The molecule has 0 saturated carbocycles. The Morgan fingerprint density at radius 1 is 1.56 bits per heavy atom. The number of thioether (sulfide) groups is 1. The third-order valence-corrected chi connectivity index (χ3v) is 2.62. The number of esters is 1. The Hall–Kier alpha value is -1.56. The SMILES string of the molecule is CSCCOC(=O)c1ccc2nncn2c1. The molecular formula is C10H11N3O2S. The van der Waals surface area contributed by atoms with Crippen molar-refractivity contribution in [3.63, 3.8) is 0 Å². The lowest BCUT2D eigenvalue weighted by Crippen LogP contribution is -2.08. The minimum atomic E-state index is -0.315. The highest BCUT2D eigenvalue weighted by Gasteiger charge is 2.07. The molecule has 0 fully saturated rings. The zero-order valence-electron chi connectivity index (χ0n) is 8.79. The number of nitrogens with zero attached hydrogens (tertiary/aromatic N) is 3. The summed E-state index contributed by atoms with van der Waals surface area (Å²) in [7, 11) is 0. The van der Waals surface area contributed by atoms with Gasteiger partial charge in [-0.15, -0.1) is 10.2 Å². The molecule has 16 heavy (non-hydrogen) atoms. The van der Waals surface area contributed by atoms with Crippen molar-refractivity contribution in [1.82, 2.24) is 14.6 Å². The van der Waals surface area contributed by atoms with Gasteiger partial charge in [-0.3, -0.25) is 4.40 Å². The van der Waals surface area contributed by atoms with Crippen molar-refractivity contribution in [2.45, 2.75) is 0 Å². The maximum absolute atomic E-state index is 11.6. The highest BCUT2D eigenvalue weighted by atomic mass is 32.2. The molecule has 0 spiro atoms. The first-order valence-corrected chi connectivity index (χ1v) is 6.16. The van der Waals surface area contributed by atoms with Crippen LogP contribution < -0.4 is 0 Å². The Bertz CT molecular complexity index is 498. The molecule has 0 saturated heterocycles. The lowest BCUT2D eigenvalue weighted by atomic mass is 10.3. The molecule has 2 rings (SSSR count). The lowest BCUT2D eigenvalue weighted by Gasteiger charge is -2.03. The Morgan fingerprint density at radius 2 is 2.44 bits per heavy atom. The van der Waals surface area contributed by atoms with Crippen molar-refractivity contribution in [1.29, 1.82) is 0 Å². The Balaban J connectivity index is 2.10. The van der Waals surface area contributed by atoms with E-state index in [1.807, 2.05) is 6.26 Å². The molecule has 0 aliphatic rings. The fourth-order valence-electron chi connectivity index (χ4n) is 1.25. The molecule has 84 valence electrons. The molecule has 2 aromatic heterocycles. The number of carbonyl (C=O) groups excluding carboxylic acids is 1. The summed E-state index contributed by atoms with van der Waals surface area (Å²) in [5, 5.41) is 7.59. The van der Waals surface area contributed by atoms with Crippen LogP contribution in [0.3, 0.4) is 0 Å². The Kier molecular flexibility index (Phi) is 3.40. The molecule has 6 heteroatoms. The van der Waals surface area contributed by atoms with E-state index in [4.69, 9.17) is 4.74 Å². The van der Waals surface area contributed by atoms with Gasteiger partial charge >= 0.3 is 5.97 Å². The number of hydrogen-bond acceptors (Lipinski definition) is 5. The first-order chi connectivity index (χ1) is 7.81. The van der Waals surface area contributed by atoms with Gasteiger partial charge in [-0.25, -0.2) is 4.79 Å². The number of carbonyl (C=O) groups is 1. The number of aromatic nitrogens is 3. The van der Waals surface area contributed by atoms with Crippen LogP contribution in [0.15, 0.2) is 24.7 Å². The Morgan fingerprint density at radius 3 is 3.25 bits per heavy atom. The van der Waals surface area contributed by atoms with Crippen LogP contribution in [0.2, 0.25) is 0 Å². The summed E-state index contributed by atoms with van der Waals surface area (Å²) in [6, 6.07) is 3.42. The summed E-state index contributed by atoms with van der Waals surface area (Å²) < 4.78 is 6.77. The normalized spacial score (nSPS) is 10.6. The Labute approximate surface area is 96.8 Å². The second-order valence-electron chi connectivity index (χ2n) is 3.14. The average molecular weight is 237 g/mol. The van der Waals surface area contributed by atoms with Crippen molar-refractivity contribution in [3.8, 4) is 0 Å². The van der Waals surface area contributed by atoms with E-state index in [9.17, 15) is 4.79 Å². The van der Waals surface area contributed by atoms with Crippen LogP contribution in [0.4, 0.5) is 0 Å². The van der Waals surface area contributed by atoms with Crippen LogP contribution >= 0.6 is 11.8 Å². The van der Waals surface area contributed by atoms with Gasteiger partial charge in [0.15, 0.2) is 5.65 Å². The van der Waals surface area contributed by atoms with Crippen molar-refractivity contribution in [2.75, 3.05) is 18.6 Å². The van der Waals surface area contributed by atoms with Crippen LogP contribution in [-0.4, -0.2) is 39.2 Å². The van der Waals surface area contributed by atoms with E-state index in [2.05, 4.69) is 10.2 Å². The van der Waals surface area contributed by atoms with E-state index in [0.717, 1.165) is 5.75 Å². The zero-order chi connectivity index (χ0) is 11.4. The van der Waals surface area contributed by atoms with Crippen molar-refractivity contribution in [2.24, 2.45) is 0 Å². The molecule has 0 bridgehead atoms. The van der Waals surface area contributed by atoms with Gasteiger partial charge in [0.1, 0.15) is 12.9 Å². The standard InChI is InChI=1S/C10H11N3O2S/c1-16-5-4-15-10(14)8-2-3-9-12-11-7-13(9)6-8/h2-3,6-7H,4-5H2,1H3. The topological polar surface area (TPSA) is 56.5 Å².